The number of hydrogen-bond acceptors (Lipinski definition) is 3. The summed E-state index contributed by atoms with van der Waals surface area (Å²) >= 11 is 0. The molecule has 1 atom stereocenters. The largest absolute Gasteiger partial charge is 0.494 e. The molecule has 1 N–H and O–H groups in total. The van der Waals surface area contributed by atoms with E-state index in [-0.39, 0.29) is 11.5 Å². The molecule has 0 radical (unpaired) electrons. The fourth-order valence-electron chi connectivity index (χ4n) is 1.52. The Morgan fingerprint density at radius 2 is 2.24 bits per heavy atom. The normalized spacial score (nSPS) is 12.2. The number of rotatable bonds is 6. The summed E-state index contributed by atoms with van der Waals surface area (Å²) in [4.78, 5) is 11.1. The maximum Gasteiger partial charge on any atom is 0.165 e. The minimum absolute atomic E-state index is 0.100. The second kappa shape index (κ2) is 6.35. The van der Waals surface area contributed by atoms with Gasteiger partial charge >= 0.3 is 0 Å². The van der Waals surface area contributed by atoms with Crippen LogP contribution in [0, 0.1) is 5.82 Å². The summed E-state index contributed by atoms with van der Waals surface area (Å²) in [6.45, 7) is 1.79. The van der Waals surface area contributed by atoms with Gasteiger partial charge in [-0.3, -0.25) is 4.79 Å². The standard InChI is InChI=1S/C13H17FO3/c1-3-10(15)5-7-12(16)9-4-6-11(14)13(8-9)17-2/h4,6,8,12,16H,3,5,7H2,1-2H3. The molecule has 0 saturated carbocycles. The molecule has 1 aromatic carbocycles. The zero-order valence-electron chi connectivity index (χ0n) is 10.1. The van der Waals surface area contributed by atoms with E-state index in [2.05, 4.69) is 0 Å². The van der Waals surface area contributed by atoms with Crippen LogP contribution in [0.1, 0.15) is 37.9 Å². The van der Waals surface area contributed by atoms with Crippen LogP contribution in [0.4, 0.5) is 4.39 Å². The van der Waals surface area contributed by atoms with Crippen molar-refractivity contribution >= 4 is 5.78 Å². The lowest BCUT2D eigenvalue weighted by Crippen LogP contribution is -2.03. The first-order valence-electron chi connectivity index (χ1n) is 5.61. The van der Waals surface area contributed by atoms with Gasteiger partial charge in [0.15, 0.2) is 11.6 Å². The van der Waals surface area contributed by atoms with Crippen LogP contribution in [0.15, 0.2) is 18.2 Å². The predicted molar refractivity (Wildman–Crippen MR) is 62.4 cm³/mol. The van der Waals surface area contributed by atoms with E-state index in [0.29, 0.717) is 24.8 Å². The number of ether oxygens (including phenoxy) is 1. The van der Waals surface area contributed by atoms with E-state index in [1.54, 1.807) is 6.92 Å². The van der Waals surface area contributed by atoms with E-state index in [0.717, 1.165) is 0 Å². The molecule has 94 valence electrons. The van der Waals surface area contributed by atoms with E-state index >= 15 is 0 Å². The highest BCUT2D eigenvalue weighted by Gasteiger charge is 2.12. The maximum atomic E-state index is 13.1. The molecule has 0 heterocycles. The molecular weight excluding hydrogens is 223 g/mol. The Bertz CT molecular complexity index is 390. The lowest BCUT2D eigenvalue weighted by molar-refractivity contribution is -0.119. The Labute approximate surface area is 100 Å². The summed E-state index contributed by atoms with van der Waals surface area (Å²) < 4.78 is 18.0. The van der Waals surface area contributed by atoms with Crippen molar-refractivity contribution < 1.29 is 19.0 Å². The molecule has 0 amide bonds. The summed E-state index contributed by atoms with van der Waals surface area (Å²) in [5.74, 6) is -0.255. The molecule has 0 aliphatic carbocycles. The quantitative estimate of drug-likeness (QED) is 0.831. The van der Waals surface area contributed by atoms with Gasteiger partial charge in [0.05, 0.1) is 13.2 Å². The monoisotopic (exact) mass is 240 g/mol. The number of ketones is 1. The van der Waals surface area contributed by atoms with Crippen molar-refractivity contribution in [3.05, 3.63) is 29.6 Å². The highest BCUT2D eigenvalue weighted by Crippen LogP contribution is 2.25. The van der Waals surface area contributed by atoms with Crippen LogP contribution in [-0.4, -0.2) is 18.0 Å². The summed E-state index contributed by atoms with van der Waals surface area (Å²) in [5.41, 5.74) is 0.562. The highest BCUT2D eigenvalue weighted by atomic mass is 19.1. The van der Waals surface area contributed by atoms with Gasteiger partial charge in [0.25, 0.3) is 0 Å². The highest BCUT2D eigenvalue weighted by molar-refractivity contribution is 5.77. The Morgan fingerprint density at radius 1 is 1.53 bits per heavy atom. The molecule has 0 fully saturated rings. The van der Waals surface area contributed by atoms with Gasteiger partial charge < -0.3 is 9.84 Å². The number of benzene rings is 1. The first kappa shape index (κ1) is 13.6. The molecule has 17 heavy (non-hydrogen) atoms. The van der Waals surface area contributed by atoms with Gasteiger partial charge in [0, 0.05) is 12.8 Å². The fraction of sp³-hybridized carbons (Fsp3) is 0.462. The minimum Gasteiger partial charge on any atom is -0.494 e. The molecular formula is C13H17FO3. The summed E-state index contributed by atoms with van der Waals surface area (Å²) in [7, 11) is 1.37. The van der Waals surface area contributed by atoms with Gasteiger partial charge in [0.2, 0.25) is 0 Å². The molecule has 1 rings (SSSR count). The second-order valence-electron chi connectivity index (χ2n) is 3.84. The number of aliphatic hydroxyl groups is 1. The molecule has 0 bridgehead atoms. The number of halogens is 1. The molecule has 4 heteroatoms. The summed E-state index contributed by atoms with van der Waals surface area (Å²) in [6.07, 6.45) is 0.387. The van der Waals surface area contributed by atoms with Crippen molar-refractivity contribution in [1.82, 2.24) is 0 Å². The topological polar surface area (TPSA) is 46.5 Å². The van der Waals surface area contributed by atoms with Crippen molar-refractivity contribution in [3.8, 4) is 5.75 Å². The third-order valence-electron chi connectivity index (χ3n) is 2.65. The third kappa shape index (κ3) is 3.82. The van der Waals surface area contributed by atoms with Crippen LogP contribution in [0.5, 0.6) is 5.75 Å². The van der Waals surface area contributed by atoms with Crippen molar-refractivity contribution in [2.75, 3.05) is 7.11 Å². The van der Waals surface area contributed by atoms with Gasteiger partial charge in [-0.05, 0) is 24.1 Å². The molecule has 0 aromatic heterocycles. The van der Waals surface area contributed by atoms with Crippen LogP contribution in [0.25, 0.3) is 0 Å². The number of aliphatic hydroxyl groups excluding tert-OH is 1. The van der Waals surface area contributed by atoms with Crippen LogP contribution in [-0.2, 0) is 4.79 Å². The van der Waals surface area contributed by atoms with Crippen LogP contribution in [0.2, 0.25) is 0 Å². The van der Waals surface area contributed by atoms with Gasteiger partial charge in [-0.2, -0.15) is 0 Å². The third-order valence-corrected chi connectivity index (χ3v) is 2.65. The average Bonchev–Trinajstić information content (AvgIpc) is 2.35. The Balaban J connectivity index is 2.68. The molecule has 3 nitrogen and oxygen atoms in total. The van der Waals surface area contributed by atoms with Crippen molar-refractivity contribution in [1.29, 1.82) is 0 Å². The zero-order valence-corrected chi connectivity index (χ0v) is 10.1. The number of carbonyl (C=O) groups excluding carboxylic acids is 1. The molecule has 0 spiro atoms. The van der Waals surface area contributed by atoms with E-state index in [9.17, 15) is 14.3 Å². The van der Waals surface area contributed by atoms with Gasteiger partial charge in [-0.1, -0.05) is 13.0 Å². The van der Waals surface area contributed by atoms with E-state index < -0.39 is 11.9 Å². The fourth-order valence-corrected chi connectivity index (χ4v) is 1.52. The molecule has 0 aliphatic heterocycles. The summed E-state index contributed by atoms with van der Waals surface area (Å²) in [5, 5.41) is 9.85. The van der Waals surface area contributed by atoms with Crippen molar-refractivity contribution in [2.24, 2.45) is 0 Å². The SMILES string of the molecule is CCC(=O)CCC(O)c1ccc(F)c(OC)c1. The first-order chi connectivity index (χ1) is 8.08. The van der Waals surface area contributed by atoms with Crippen LogP contribution in [0.3, 0.4) is 0 Å². The average molecular weight is 240 g/mol. The predicted octanol–water partition coefficient (Wildman–Crippen LogP) is 2.63. The lowest BCUT2D eigenvalue weighted by Gasteiger charge is -2.12. The van der Waals surface area contributed by atoms with Crippen LogP contribution >= 0.6 is 0 Å². The maximum absolute atomic E-state index is 13.1. The summed E-state index contributed by atoms with van der Waals surface area (Å²) in [6, 6.07) is 4.20. The zero-order chi connectivity index (χ0) is 12.8. The number of carbonyl (C=O) groups is 1. The number of hydrogen-bond donors (Lipinski definition) is 1. The van der Waals surface area contributed by atoms with Crippen molar-refractivity contribution in [2.45, 2.75) is 32.3 Å². The molecule has 1 unspecified atom stereocenters. The number of methoxy groups -OCH3 is 1. The number of Topliss-reactive ketones (excluding diaryl/α,β-unsaturated/α-hetero) is 1. The van der Waals surface area contributed by atoms with E-state index in [1.165, 1.54) is 25.3 Å². The van der Waals surface area contributed by atoms with E-state index in [4.69, 9.17) is 4.74 Å². The molecule has 1 aromatic rings. The molecule has 0 saturated heterocycles. The van der Waals surface area contributed by atoms with Gasteiger partial charge in [-0.25, -0.2) is 4.39 Å². The Hall–Kier alpha value is -1.42. The van der Waals surface area contributed by atoms with Crippen molar-refractivity contribution in [3.63, 3.8) is 0 Å². The minimum atomic E-state index is -0.764. The molecule has 0 aliphatic rings. The lowest BCUT2D eigenvalue weighted by atomic mass is 10.0. The smallest absolute Gasteiger partial charge is 0.165 e. The Kier molecular flexibility index (Phi) is 5.10. The van der Waals surface area contributed by atoms with Crippen LogP contribution < -0.4 is 4.74 Å². The second-order valence-corrected chi connectivity index (χ2v) is 3.84. The van der Waals surface area contributed by atoms with Gasteiger partial charge in [-0.15, -0.1) is 0 Å². The van der Waals surface area contributed by atoms with E-state index in [1.807, 2.05) is 0 Å². The Morgan fingerprint density at radius 3 is 2.82 bits per heavy atom. The first-order valence-corrected chi connectivity index (χ1v) is 5.61. The van der Waals surface area contributed by atoms with Gasteiger partial charge in [0.1, 0.15) is 5.78 Å².